The maximum absolute atomic E-state index is 13.3. The van der Waals surface area contributed by atoms with Gasteiger partial charge in [-0.3, -0.25) is 4.79 Å². The number of carbonyl (C=O) groups excluding carboxylic acids is 1. The molecule has 0 spiro atoms. The third kappa shape index (κ3) is 30.4. The fourth-order valence-corrected chi connectivity index (χ4v) is 11.3. The average molecular weight is 1190 g/mol. The molecule has 17 atom stereocenters. The zero-order valence-electron chi connectivity index (χ0n) is 51.2. The predicted molar refractivity (Wildman–Crippen MR) is 319 cm³/mol. The molecule has 0 aromatic rings. The zero-order valence-corrected chi connectivity index (χ0v) is 51.2. The van der Waals surface area contributed by atoms with Crippen LogP contribution in [0.2, 0.25) is 0 Å². The van der Waals surface area contributed by atoms with Gasteiger partial charge in [-0.1, -0.05) is 224 Å². The van der Waals surface area contributed by atoms with E-state index in [1.54, 1.807) is 6.08 Å². The largest absolute Gasteiger partial charge is 0.394 e. The third-order valence-corrected chi connectivity index (χ3v) is 16.7. The van der Waals surface area contributed by atoms with Gasteiger partial charge >= 0.3 is 0 Å². The molecule has 0 bridgehead atoms. The molecule has 3 fully saturated rings. The smallest absolute Gasteiger partial charge is 0.220 e. The molecular weight excluding hydrogens is 1070 g/mol. The average Bonchev–Trinajstić information content (AvgIpc) is 3.28. The summed E-state index contributed by atoms with van der Waals surface area (Å²) in [6, 6.07) is -0.974. The minimum Gasteiger partial charge on any atom is -0.394 e. The second-order valence-corrected chi connectivity index (χ2v) is 23.9. The number of hydrogen-bond donors (Lipinski definition) is 12. The Hall–Kier alpha value is -1.73. The van der Waals surface area contributed by atoms with Crippen molar-refractivity contribution in [3.05, 3.63) is 24.3 Å². The second-order valence-electron chi connectivity index (χ2n) is 23.9. The lowest BCUT2D eigenvalue weighted by atomic mass is 9.96. The van der Waals surface area contributed by atoms with Crippen molar-refractivity contribution >= 4 is 5.91 Å². The van der Waals surface area contributed by atoms with E-state index in [9.17, 15) is 61.0 Å². The SMILES string of the molecule is CCC/C=C\CCCCCCCC(=O)NC(COC1OC(CO)C(OC2OC(CO)C(OC3OC(CO)C(O)C(O)C3O)C(O)C2O)C(O)C1O)C(O)/C=C/CCCCCCCCCCCCCCCCCCCCCCCCCCCC. The predicted octanol–water partition coefficient (Wildman–Crippen LogP) is 7.49. The summed E-state index contributed by atoms with van der Waals surface area (Å²) < 4.78 is 34.2. The van der Waals surface area contributed by atoms with Crippen molar-refractivity contribution in [3.63, 3.8) is 0 Å². The Balaban J connectivity index is 1.40. The van der Waals surface area contributed by atoms with E-state index in [0.29, 0.717) is 6.42 Å². The van der Waals surface area contributed by atoms with E-state index in [1.807, 2.05) is 6.08 Å². The molecule has 12 N–H and O–H groups in total. The lowest BCUT2D eigenvalue weighted by Gasteiger charge is -2.48. The molecule has 0 aromatic heterocycles. The molecule has 83 heavy (non-hydrogen) atoms. The molecule has 0 aliphatic carbocycles. The van der Waals surface area contributed by atoms with Crippen LogP contribution >= 0.6 is 0 Å². The number of rotatable bonds is 50. The Morgan fingerprint density at radius 3 is 1.22 bits per heavy atom. The quantitative estimate of drug-likeness (QED) is 0.0207. The molecule has 3 aliphatic heterocycles. The van der Waals surface area contributed by atoms with Crippen molar-refractivity contribution in [3.8, 4) is 0 Å². The van der Waals surface area contributed by atoms with Gasteiger partial charge in [0, 0.05) is 6.42 Å². The van der Waals surface area contributed by atoms with Gasteiger partial charge in [0.1, 0.15) is 73.2 Å². The molecule has 17 unspecified atom stereocenters. The van der Waals surface area contributed by atoms with Crippen LogP contribution in [-0.2, 0) is 33.2 Å². The van der Waals surface area contributed by atoms with E-state index in [0.717, 1.165) is 70.6 Å². The number of allylic oxidation sites excluding steroid dienone is 3. The van der Waals surface area contributed by atoms with Crippen LogP contribution in [0, 0.1) is 0 Å². The van der Waals surface area contributed by atoms with E-state index in [-0.39, 0.29) is 18.9 Å². The first kappa shape index (κ1) is 75.5. The summed E-state index contributed by atoms with van der Waals surface area (Å²) >= 11 is 0. The van der Waals surface area contributed by atoms with Gasteiger partial charge in [0.15, 0.2) is 18.9 Å². The molecule has 19 nitrogen and oxygen atoms in total. The summed E-state index contributed by atoms with van der Waals surface area (Å²) in [5, 5.41) is 120. The first-order chi connectivity index (χ1) is 40.3. The van der Waals surface area contributed by atoms with Crippen molar-refractivity contribution in [2.24, 2.45) is 0 Å². The van der Waals surface area contributed by atoms with E-state index >= 15 is 0 Å². The van der Waals surface area contributed by atoms with Crippen LogP contribution in [0.5, 0.6) is 0 Å². The van der Waals surface area contributed by atoms with E-state index in [1.165, 1.54) is 148 Å². The molecule has 3 saturated heterocycles. The van der Waals surface area contributed by atoms with Crippen molar-refractivity contribution in [1.82, 2.24) is 5.32 Å². The van der Waals surface area contributed by atoms with E-state index in [2.05, 4.69) is 31.3 Å². The maximum atomic E-state index is 13.3. The van der Waals surface area contributed by atoms with Gasteiger partial charge < -0.3 is 89.9 Å². The minimum atomic E-state index is -1.98. The Bertz CT molecular complexity index is 1610. The van der Waals surface area contributed by atoms with Crippen LogP contribution in [0.25, 0.3) is 0 Å². The number of hydrogen-bond acceptors (Lipinski definition) is 18. The summed E-state index contributed by atoms with van der Waals surface area (Å²) in [5.41, 5.74) is 0. The summed E-state index contributed by atoms with van der Waals surface area (Å²) in [5.74, 6) is -0.286. The number of ether oxygens (including phenoxy) is 6. The summed E-state index contributed by atoms with van der Waals surface area (Å²) in [6.45, 7) is 1.66. The van der Waals surface area contributed by atoms with Crippen LogP contribution in [0.3, 0.4) is 0 Å². The van der Waals surface area contributed by atoms with Crippen molar-refractivity contribution in [2.75, 3.05) is 26.4 Å². The molecular formula is C64H119NO18. The summed E-state index contributed by atoms with van der Waals surface area (Å²) in [6.07, 6.45) is 24.8. The van der Waals surface area contributed by atoms with Crippen LogP contribution in [0.4, 0.5) is 0 Å². The molecule has 1 amide bonds. The second kappa shape index (κ2) is 47.3. The lowest BCUT2D eigenvalue weighted by molar-refractivity contribution is -0.379. The fraction of sp³-hybridized carbons (Fsp3) is 0.922. The van der Waals surface area contributed by atoms with Gasteiger partial charge in [-0.15, -0.1) is 0 Å². The first-order valence-corrected chi connectivity index (χ1v) is 33.1. The van der Waals surface area contributed by atoms with E-state index < -0.39 is 124 Å². The van der Waals surface area contributed by atoms with Crippen LogP contribution in [0.15, 0.2) is 24.3 Å². The number of carbonyl (C=O) groups is 1. The maximum Gasteiger partial charge on any atom is 0.220 e. The standard InChI is InChI=1S/C64H119NO18/c1-3-5-7-9-11-13-15-16-17-18-19-20-21-22-23-24-25-26-27-28-29-30-31-32-33-35-37-39-41-48(69)47(65-52(70)42-40-38-36-34-14-12-10-8-6-4-2)46-78-62-58(76)55(73)60(50(44-67)80-62)83-64-59(77)56(74)61(51(45-68)81-64)82-63-57(75)54(72)53(71)49(43-66)79-63/h8,10,39,41,47-51,53-64,66-69,71-77H,3-7,9,11-38,40,42-46H2,1-2H3,(H,65,70)/b10-8-,41-39+. The van der Waals surface area contributed by atoms with Gasteiger partial charge in [-0.25, -0.2) is 0 Å². The highest BCUT2D eigenvalue weighted by Crippen LogP contribution is 2.33. The van der Waals surface area contributed by atoms with Gasteiger partial charge in [0.2, 0.25) is 5.91 Å². The first-order valence-electron chi connectivity index (χ1n) is 33.1. The molecule has 0 saturated carbocycles. The highest BCUT2D eigenvalue weighted by molar-refractivity contribution is 5.76. The highest BCUT2D eigenvalue weighted by Gasteiger charge is 2.53. The zero-order chi connectivity index (χ0) is 60.5. The molecule has 3 heterocycles. The molecule has 19 heteroatoms. The topological polar surface area (TPSA) is 307 Å². The monoisotopic (exact) mass is 1190 g/mol. The number of aliphatic hydroxyl groups is 11. The van der Waals surface area contributed by atoms with Gasteiger partial charge in [0.25, 0.3) is 0 Å². The van der Waals surface area contributed by atoms with Crippen LogP contribution in [0.1, 0.15) is 245 Å². The molecule has 0 aromatic carbocycles. The summed E-state index contributed by atoms with van der Waals surface area (Å²) in [4.78, 5) is 13.3. The number of unbranched alkanes of at least 4 members (excludes halogenated alkanes) is 32. The van der Waals surface area contributed by atoms with Crippen molar-refractivity contribution < 1.29 is 89.4 Å². The van der Waals surface area contributed by atoms with Gasteiger partial charge in [-0.2, -0.15) is 0 Å². The van der Waals surface area contributed by atoms with E-state index in [4.69, 9.17) is 28.4 Å². The Kier molecular flexibility index (Phi) is 43.0. The Morgan fingerprint density at radius 2 is 0.783 bits per heavy atom. The molecule has 488 valence electrons. The Labute approximate surface area is 498 Å². The molecule has 3 rings (SSSR count). The third-order valence-electron chi connectivity index (χ3n) is 16.7. The van der Waals surface area contributed by atoms with Gasteiger partial charge in [0.05, 0.1) is 38.6 Å². The highest BCUT2D eigenvalue weighted by atomic mass is 16.8. The minimum absolute atomic E-state index is 0.233. The normalized spacial score (nSPS) is 29.5. The number of aliphatic hydroxyl groups excluding tert-OH is 11. The number of nitrogens with one attached hydrogen (secondary N) is 1. The van der Waals surface area contributed by atoms with Gasteiger partial charge in [-0.05, 0) is 38.5 Å². The van der Waals surface area contributed by atoms with Crippen molar-refractivity contribution in [1.29, 1.82) is 0 Å². The van der Waals surface area contributed by atoms with Crippen LogP contribution < -0.4 is 5.32 Å². The molecule has 3 aliphatic rings. The summed E-state index contributed by atoms with van der Waals surface area (Å²) in [7, 11) is 0. The fourth-order valence-electron chi connectivity index (χ4n) is 11.3. The van der Waals surface area contributed by atoms with Crippen LogP contribution in [-0.4, -0.2) is 193 Å². The lowest BCUT2D eigenvalue weighted by Crippen LogP contribution is -2.66. The Morgan fingerprint density at radius 1 is 0.422 bits per heavy atom. The molecule has 0 radical (unpaired) electrons. The number of amides is 1. The van der Waals surface area contributed by atoms with Crippen molar-refractivity contribution in [2.45, 2.75) is 349 Å².